The molecule has 0 spiro atoms. The molecule has 0 aromatic heterocycles. The van der Waals surface area contributed by atoms with Crippen LogP contribution in [0.3, 0.4) is 0 Å². The second kappa shape index (κ2) is 19.3. The summed E-state index contributed by atoms with van der Waals surface area (Å²) in [6, 6.07) is 0. The molecule has 4 heteroatoms. The van der Waals surface area contributed by atoms with E-state index in [0.29, 0.717) is 6.17 Å². The van der Waals surface area contributed by atoms with Crippen LogP contribution in [0.15, 0.2) is 17.1 Å². The minimum atomic E-state index is 0.0621. The molecule has 0 aromatic carbocycles. The molecule has 0 saturated heterocycles. The summed E-state index contributed by atoms with van der Waals surface area (Å²) in [7, 11) is 0. The van der Waals surface area contributed by atoms with Crippen LogP contribution in [0, 0.1) is 0 Å². The van der Waals surface area contributed by atoms with E-state index in [-0.39, 0.29) is 5.91 Å². The van der Waals surface area contributed by atoms with Crippen molar-refractivity contribution in [2.75, 3.05) is 26.2 Å². The molecule has 1 amide bonds. The lowest BCUT2D eigenvalue weighted by Gasteiger charge is -2.38. The molecule has 2 unspecified atom stereocenters. The zero-order chi connectivity index (χ0) is 23.3. The minimum absolute atomic E-state index is 0.0621. The van der Waals surface area contributed by atoms with Gasteiger partial charge < -0.3 is 5.32 Å². The average Bonchev–Trinajstić information content (AvgIpc) is 3.18. The fourth-order valence-electron chi connectivity index (χ4n) is 4.90. The number of nitrogens with zero attached hydrogens (tertiary/aromatic N) is 2. The summed E-state index contributed by atoms with van der Waals surface area (Å²) in [5, 5.41) is 2.95. The molecule has 0 bridgehead atoms. The normalized spacial score (nSPS) is 20.4. The third-order valence-corrected chi connectivity index (χ3v) is 7.15. The van der Waals surface area contributed by atoms with E-state index in [1.807, 2.05) is 0 Å². The average molecular weight is 449 g/mol. The number of rotatable bonds is 21. The van der Waals surface area contributed by atoms with Gasteiger partial charge in [-0.25, -0.2) is 4.99 Å². The van der Waals surface area contributed by atoms with Crippen LogP contribution in [0.2, 0.25) is 0 Å². The largest absolute Gasteiger partial charge is 0.351 e. The SMILES string of the molecule is CCCCCCCCCCCCCCC/C=C/CCC1N=CC[N+]1(CC)CCNC(C)=O. The Bertz CT molecular complexity index is 517. The van der Waals surface area contributed by atoms with Crippen LogP contribution in [-0.2, 0) is 4.79 Å². The zero-order valence-corrected chi connectivity index (χ0v) is 21.8. The predicted octanol–water partition coefficient (Wildman–Crippen LogP) is 7.19. The highest BCUT2D eigenvalue weighted by Crippen LogP contribution is 2.23. The number of likely N-dealkylation sites (N-methyl/N-ethyl adjacent to an activating group) is 1. The van der Waals surface area contributed by atoms with Gasteiger partial charge in [0.1, 0.15) is 6.54 Å². The van der Waals surface area contributed by atoms with Crippen molar-refractivity contribution in [3.63, 3.8) is 0 Å². The number of hydrogen-bond donors (Lipinski definition) is 1. The Morgan fingerprint density at radius 3 is 2.03 bits per heavy atom. The molecule has 2 atom stereocenters. The molecule has 0 radical (unpaired) electrons. The number of carbonyl (C=O) groups is 1. The third kappa shape index (κ3) is 13.4. The number of hydrogen-bond acceptors (Lipinski definition) is 2. The summed E-state index contributed by atoms with van der Waals surface area (Å²) >= 11 is 0. The van der Waals surface area contributed by atoms with Gasteiger partial charge >= 0.3 is 0 Å². The molecule has 0 aromatic rings. The van der Waals surface area contributed by atoms with Crippen LogP contribution in [0.5, 0.6) is 0 Å². The Balaban J connectivity index is 1.98. The first kappa shape index (κ1) is 28.9. The summed E-state index contributed by atoms with van der Waals surface area (Å²) < 4.78 is 0.993. The molecule has 0 aliphatic carbocycles. The fraction of sp³-hybridized carbons (Fsp3) is 0.857. The maximum absolute atomic E-state index is 11.2. The second-order valence-electron chi connectivity index (χ2n) is 9.82. The summed E-state index contributed by atoms with van der Waals surface area (Å²) in [5.74, 6) is 0.0621. The number of nitrogens with one attached hydrogen (secondary N) is 1. The van der Waals surface area contributed by atoms with Gasteiger partial charge in [-0.2, -0.15) is 0 Å². The highest BCUT2D eigenvalue weighted by Gasteiger charge is 2.37. The fourth-order valence-corrected chi connectivity index (χ4v) is 4.90. The van der Waals surface area contributed by atoms with Crippen molar-refractivity contribution < 1.29 is 9.28 Å². The predicted molar refractivity (Wildman–Crippen MR) is 140 cm³/mol. The van der Waals surface area contributed by atoms with Crippen molar-refractivity contribution in [3.8, 4) is 0 Å². The zero-order valence-electron chi connectivity index (χ0n) is 21.8. The number of allylic oxidation sites excluding steroid dienone is 2. The van der Waals surface area contributed by atoms with Gasteiger partial charge in [0.05, 0.1) is 25.8 Å². The minimum Gasteiger partial charge on any atom is -0.351 e. The van der Waals surface area contributed by atoms with E-state index in [9.17, 15) is 4.79 Å². The van der Waals surface area contributed by atoms with E-state index in [1.54, 1.807) is 6.92 Å². The van der Waals surface area contributed by atoms with E-state index in [2.05, 4.69) is 37.5 Å². The van der Waals surface area contributed by atoms with Crippen LogP contribution < -0.4 is 5.32 Å². The van der Waals surface area contributed by atoms with E-state index >= 15 is 0 Å². The number of amides is 1. The highest BCUT2D eigenvalue weighted by atomic mass is 16.1. The van der Waals surface area contributed by atoms with Gasteiger partial charge in [-0.05, 0) is 26.2 Å². The lowest BCUT2D eigenvalue weighted by Crippen LogP contribution is -2.55. The lowest BCUT2D eigenvalue weighted by atomic mass is 10.0. The van der Waals surface area contributed by atoms with Crippen LogP contribution in [0.25, 0.3) is 0 Å². The van der Waals surface area contributed by atoms with Crippen molar-refractivity contribution in [2.45, 2.75) is 130 Å². The smallest absolute Gasteiger partial charge is 0.217 e. The maximum atomic E-state index is 11.2. The van der Waals surface area contributed by atoms with E-state index in [0.717, 1.165) is 43.5 Å². The molecule has 1 aliphatic rings. The molecule has 0 fully saturated rings. The number of carbonyl (C=O) groups excluding carboxylic acids is 1. The van der Waals surface area contributed by atoms with E-state index in [1.165, 1.54) is 89.9 Å². The first-order valence-electron chi connectivity index (χ1n) is 13.9. The van der Waals surface area contributed by atoms with Gasteiger partial charge in [-0.1, -0.05) is 96.1 Å². The van der Waals surface area contributed by atoms with Gasteiger partial charge in [0.15, 0.2) is 6.17 Å². The first-order valence-corrected chi connectivity index (χ1v) is 13.9. The molecule has 1 aliphatic heterocycles. The Morgan fingerprint density at radius 1 is 0.906 bits per heavy atom. The number of aliphatic imine (C=N–C) groups is 1. The van der Waals surface area contributed by atoms with Crippen molar-refractivity contribution in [2.24, 2.45) is 4.99 Å². The molecular weight excluding hydrogens is 394 g/mol. The molecule has 1 heterocycles. The maximum Gasteiger partial charge on any atom is 0.217 e. The van der Waals surface area contributed by atoms with Crippen LogP contribution in [0.4, 0.5) is 0 Å². The quantitative estimate of drug-likeness (QED) is 0.113. The second-order valence-corrected chi connectivity index (χ2v) is 9.82. The molecule has 1 N–H and O–H groups in total. The summed E-state index contributed by atoms with van der Waals surface area (Å²) in [6.07, 6.45) is 29.1. The summed E-state index contributed by atoms with van der Waals surface area (Å²) in [6.45, 7) is 9.94. The van der Waals surface area contributed by atoms with Crippen molar-refractivity contribution >= 4 is 12.1 Å². The molecule has 1 rings (SSSR count). The van der Waals surface area contributed by atoms with Gasteiger partial charge in [0.25, 0.3) is 0 Å². The Labute approximate surface area is 199 Å². The van der Waals surface area contributed by atoms with E-state index < -0.39 is 0 Å². The van der Waals surface area contributed by atoms with Crippen molar-refractivity contribution in [1.82, 2.24) is 5.32 Å². The van der Waals surface area contributed by atoms with Gasteiger partial charge in [0, 0.05) is 13.3 Å². The molecule has 0 saturated carbocycles. The Morgan fingerprint density at radius 2 is 1.47 bits per heavy atom. The van der Waals surface area contributed by atoms with E-state index in [4.69, 9.17) is 4.99 Å². The summed E-state index contributed by atoms with van der Waals surface area (Å²) in [5.41, 5.74) is 0. The topological polar surface area (TPSA) is 41.5 Å². The standard InChI is InChI=1S/C28H53N3O/c1-4-6-7-8-9-10-11-12-13-14-15-16-17-18-19-20-21-22-28-30-24-26-31(28,5-2)25-23-29-27(3)32/h19-20,24,28H,4-18,21-23,25-26H2,1-3H3/p+1/b20-19+. The third-order valence-electron chi connectivity index (χ3n) is 7.15. The highest BCUT2D eigenvalue weighted by molar-refractivity contribution is 5.72. The Kier molecular flexibility index (Phi) is 17.4. The Hall–Kier alpha value is -1.16. The molecule has 32 heavy (non-hydrogen) atoms. The monoisotopic (exact) mass is 448 g/mol. The molecular formula is C28H54N3O+. The van der Waals surface area contributed by atoms with Gasteiger partial charge in [0.2, 0.25) is 5.91 Å². The summed E-state index contributed by atoms with van der Waals surface area (Å²) in [4.78, 5) is 15.9. The lowest BCUT2D eigenvalue weighted by molar-refractivity contribution is -0.935. The van der Waals surface area contributed by atoms with Crippen molar-refractivity contribution in [1.29, 1.82) is 0 Å². The number of unbranched alkanes of at least 4 members (excludes halogenated alkanes) is 13. The first-order chi connectivity index (χ1) is 15.6. The van der Waals surface area contributed by atoms with Crippen molar-refractivity contribution in [3.05, 3.63) is 12.2 Å². The van der Waals surface area contributed by atoms with Gasteiger partial charge in [-0.15, -0.1) is 0 Å². The van der Waals surface area contributed by atoms with Gasteiger partial charge in [-0.3, -0.25) is 9.28 Å². The molecule has 186 valence electrons. The van der Waals surface area contributed by atoms with Crippen LogP contribution in [-0.4, -0.2) is 48.9 Å². The number of quaternary nitrogens is 1. The van der Waals surface area contributed by atoms with Crippen LogP contribution in [0.1, 0.15) is 124 Å². The van der Waals surface area contributed by atoms with Crippen LogP contribution >= 0.6 is 0 Å². The molecule has 4 nitrogen and oxygen atoms in total.